The molecule has 0 heterocycles. The Bertz CT molecular complexity index is 1960. The van der Waals surface area contributed by atoms with E-state index in [1.54, 1.807) is 0 Å². The fourth-order valence-electron chi connectivity index (χ4n) is 5.16. The van der Waals surface area contributed by atoms with Crippen molar-refractivity contribution in [3.8, 4) is 6.07 Å². The van der Waals surface area contributed by atoms with Gasteiger partial charge in [0, 0.05) is 17.1 Å². The van der Waals surface area contributed by atoms with E-state index in [1.165, 1.54) is 12.6 Å². The molecule has 0 aliphatic heterocycles. The minimum absolute atomic E-state index is 0.585. The number of rotatable bonds is 5. The standard InChI is InChI=1S/C37H25N3.CH5N/c1-26-12-19-30(20-13-26)40(29-8-4-3-5-9-29)31-21-16-27(17-22-31)14-15-28-18-23-33-35(24-28)37(39-2)34-11-7-6-10-32(34)36(33)25-38;1-2/h3-24H,1H3;2H2,1H3. The number of fused-ring (bicyclic) bond motifs is 2. The van der Waals surface area contributed by atoms with E-state index in [4.69, 9.17) is 6.57 Å². The third-order valence-electron chi connectivity index (χ3n) is 7.17. The van der Waals surface area contributed by atoms with Crippen LogP contribution in [0.5, 0.6) is 0 Å². The maximum absolute atomic E-state index is 9.89. The molecule has 0 aromatic heterocycles. The molecule has 4 nitrogen and oxygen atoms in total. The third-order valence-corrected chi connectivity index (χ3v) is 7.17. The highest BCUT2D eigenvalue weighted by Crippen LogP contribution is 2.39. The lowest BCUT2D eigenvalue weighted by atomic mass is 9.94. The van der Waals surface area contributed by atoms with Crippen molar-refractivity contribution in [3.05, 3.63) is 155 Å². The van der Waals surface area contributed by atoms with Gasteiger partial charge in [0.25, 0.3) is 0 Å². The number of nitriles is 1. The molecule has 0 bridgehead atoms. The molecule has 6 aromatic carbocycles. The summed E-state index contributed by atoms with van der Waals surface area (Å²) in [6.07, 6.45) is 4.13. The molecule has 6 aromatic rings. The number of nitrogens with two attached hydrogens (primary N) is 1. The molecule has 0 amide bonds. The second-order valence-electron chi connectivity index (χ2n) is 9.73. The predicted molar refractivity (Wildman–Crippen MR) is 177 cm³/mol. The van der Waals surface area contributed by atoms with Crippen molar-refractivity contribution in [1.82, 2.24) is 0 Å². The molecular weight excluding hydrogens is 512 g/mol. The molecule has 0 unspecified atom stereocenters. The molecule has 2 N–H and O–H groups in total. The van der Waals surface area contributed by atoms with Gasteiger partial charge in [-0.3, -0.25) is 0 Å². The summed E-state index contributed by atoms with van der Waals surface area (Å²) < 4.78 is 0. The average molecular weight is 543 g/mol. The Morgan fingerprint density at radius 2 is 1.17 bits per heavy atom. The van der Waals surface area contributed by atoms with Crippen molar-refractivity contribution in [1.29, 1.82) is 5.26 Å². The van der Waals surface area contributed by atoms with Crippen LogP contribution in [-0.2, 0) is 0 Å². The van der Waals surface area contributed by atoms with Crippen molar-refractivity contribution < 1.29 is 0 Å². The van der Waals surface area contributed by atoms with Gasteiger partial charge in [-0.15, -0.1) is 0 Å². The number of hydrogen-bond donors (Lipinski definition) is 1. The van der Waals surface area contributed by atoms with E-state index in [1.807, 2.05) is 48.5 Å². The molecule has 0 aliphatic carbocycles. The van der Waals surface area contributed by atoms with Gasteiger partial charge < -0.3 is 10.6 Å². The zero-order valence-electron chi connectivity index (χ0n) is 23.6. The van der Waals surface area contributed by atoms with E-state index >= 15 is 0 Å². The molecule has 0 aliphatic rings. The van der Waals surface area contributed by atoms with Gasteiger partial charge in [0.1, 0.15) is 6.07 Å². The zero-order chi connectivity index (χ0) is 29.5. The van der Waals surface area contributed by atoms with Crippen LogP contribution >= 0.6 is 0 Å². The smallest absolute Gasteiger partial charge is 0.202 e. The fraction of sp³-hybridized carbons (Fsp3) is 0.0526. The normalized spacial score (nSPS) is 10.6. The molecule has 0 fully saturated rings. The van der Waals surface area contributed by atoms with Gasteiger partial charge in [0.15, 0.2) is 0 Å². The van der Waals surface area contributed by atoms with Gasteiger partial charge in [-0.1, -0.05) is 103 Å². The van der Waals surface area contributed by atoms with Gasteiger partial charge >= 0.3 is 0 Å². The van der Waals surface area contributed by atoms with E-state index < -0.39 is 0 Å². The Morgan fingerprint density at radius 1 is 0.643 bits per heavy atom. The SMILES string of the molecule is CN.[C-]#[N+]c1c2ccccc2c(C#N)c2ccc(C=Cc3ccc(N(c4ccccc4)c4ccc(C)cc4)cc3)cc12. The van der Waals surface area contributed by atoms with Crippen LogP contribution in [0.15, 0.2) is 121 Å². The van der Waals surface area contributed by atoms with Crippen molar-refractivity contribution in [2.45, 2.75) is 6.92 Å². The molecule has 0 radical (unpaired) electrons. The van der Waals surface area contributed by atoms with Crippen LogP contribution in [0.3, 0.4) is 0 Å². The summed E-state index contributed by atoms with van der Waals surface area (Å²) in [5.74, 6) is 0. The molecule has 6 rings (SSSR count). The highest BCUT2D eigenvalue weighted by atomic mass is 15.1. The van der Waals surface area contributed by atoms with Crippen molar-refractivity contribution >= 4 is 56.4 Å². The lowest BCUT2D eigenvalue weighted by molar-refractivity contribution is 1.27. The highest BCUT2D eigenvalue weighted by molar-refractivity contribution is 6.15. The molecule has 0 saturated heterocycles. The number of hydrogen-bond acceptors (Lipinski definition) is 3. The number of benzene rings is 6. The van der Waals surface area contributed by atoms with Gasteiger partial charge in [0.05, 0.1) is 12.1 Å². The van der Waals surface area contributed by atoms with E-state index in [2.05, 4.69) is 113 Å². The molecule has 0 atom stereocenters. The summed E-state index contributed by atoms with van der Waals surface area (Å²) in [5.41, 5.74) is 12.3. The minimum Gasteiger partial charge on any atom is -0.333 e. The van der Waals surface area contributed by atoms with Gasteiger partial charge in [0.2, 0.25) is 5.69 Å². The predicted octanol–water partition coefficient (Wildman–Crippen LogP) is 9.94. The number of para-hydroxylation sites is 1. The van der Waals surface area contributed by atoms with Crippen LogP contribution in [-0.4, -0.2) is 7.05 Å². The fourth-order valence-corrected chi connectivity index (χ4v) is 5.16. The number of aryl methyl sites for hydroxylation is 1. The van der Waals surface area contributed by atoms with E-state index in [0.29, 0.717) is 11.3 Å². The summed E-state index contributed by atoms with van der Waals surface area (Å²) in [4.78, 5) is 6.10. The third kappa shape index (κ3) is 5.49. The second-order valence-corrected chi connectivity index (χ2v) is 9.73. The molecular formula is C38H30N4. The first-order chi connectivity index (χ1) is 20.7. The highest BCUT2D eigenvalue weighted by Gasteiger charge is 2.14. The zero-order valence-corrected chi connectivity index (χ0v) is 23.6. The maximum atomic E-state index is 9.89. The first-order valence-electron chi connectivity index (χ1n) is 13.7. The quantitative estimate of drug-likeness (QED) is 0.134. The Labute approximate surface area is 247 Å². The van der Waals surface area contributed by atoms with Crippen molar-refractivity contribution in [2.24, 2.45) is 5.73 Å². The van der Waals surface area contributed by atoms with Crippen LogP contribution in [0.1, 0.15) is 22.3 Å². The van der Waals surface area contributed by atoms with E-state index in [0.717, 1.165) is 49.7 Å². The monoisotopic (exact) mass is 542 g/mol. The van der Waals surface area contributed by atoms with Crippen LogP contribution in [0.4, 0.5) is 22.7 Å². The van der Waals surface area contributed by atoms with Crippen LogP contribution in [0.25, 0.3) is 38.5 Å². The molecule has 0 spiro atoms. The summed E-state index contributed by atoms with van der Waals surface area (Å²) in [6, 6.07) is 43.4. The maximum Gasteiger partial charge on any atom is 0.202 e. The molecule has 42 heavy (non-hydrogen) atoms. The molecule has 4 heteroatoms. The van der Waals surface area contributed by atoms with Crippen molar-refractivity contribution in [2.75, 3.05) is 11.9 Å². The second kappa shape index (κ2) is 12.7. The Balaban J connectivity index is 0.00000173. The first kappa shape index (κ1) is 27.9. The largest absolute Gasteiger partial charge is 0.333 e. The van der Waals surface area contributed by atoms with E-state index in [9.17, 15) is 5.26 Å². The average Bonchev–Trinajstić information content (AvgIpc) is 3.05. The lowest BCUT2D eigenvalue weighted by Gasteiger charge is -2.25. The minimum atomic E-state index is 0.585. The van der Waals surface area contributed by atoms with Crippen LogP contribution in [0, 0.1) is 24.8 Å². The summed E-state index contributed by atoms with van der Waals surface area (Å²) in [5, 5.41) is 13.1. The molecule has 0 saturated carbocycles. The summed E-state index contributed by atoms with van der Waals surface area (Å²) in [7, 11) is 1.50. The Hall–Kier alpha value is -5.68. The van der Waals surface area contributed by atoms with E-state index in [-0.39, 0.29) is 0 Å². The van der Waals surface area contributed by atoms with Crippen LogP contribution < -0.4 is 10.6 Å². The van der Waals surface area contributed by atoms with Crippen LogP contribution in [0.2, 0.25) is 0 Å². The molecule has 202 valence electrons. The number of nitrogens with zero attached hydrogens (tertiary/aromatic N) is 3. The Kier molecular flexibility index (Phi) is 8.40. The Morgan fingerprint density at radius 3 is 1.81 bits per heavy atom. The van der Waals surface area contributed by atoms with Crippen molar-refractivity contribution in [3.63, 3.8) is 0 Å². The van der Waals surface area contributed by atoms with Gasteiger partial charge in [-0.25, -0.2) is 4.85 Å². The first-order valence-corrected chi connectivity index (χ1v) is 13.7. The number of anilines is 3. The summed E-state index contributed by atoms with van der Waals surface area (Å²) >= 11 is 0. The summed E-state index contributed by atoms with van der Waals surface area (Å²) in [6.45, 7) is 9.95. The lowest BCUT2D eigenvalue weighted by Crippen LogP contribution is -2.09. The topological polar surface area (TPSA) is 57.4 Å². The van der Waals surface area contributed by atoms with Gasteiger partial charge in [-0.05, 0) is 83.0 Å². The van der Waals surface area contributed by atoms with Gasteiger partial charge in [-0.2, -0.15) is 5.26 Å².